The Balaban J connectivity index is 1.46. The molecule has 1 heterocycles. The maximum atomic E-state index is 12.1. The first-order chi connectivity index (χ1) is 12.5. The third kappa shape index (κ3) is 4.99. The molecule has 26 heavy (non-hydrogen) atoms. The van der Waals surface area contributed by atoms with Gasteiger partial charge in [0.25, 0.3) is 5.91 Å². The normalized spacial score (nSPS) is 13.8. The van der Waals surface area contributed by atoms with Crippen molar-refractivity contribution in [1.29, 1.82) is 0 Å². The maximum absolute atomic E-state index is 12.1. The molecule has 1 N–H and O–H groups in total. The lowest BCUT2D eigenvalue weighted by Gasteiger charge is -2.13. The molecule has 1 aliphatic rings. The number of carbonyl (C=O) groups excluding carboxylic acids is 2. The summed E-state index contributed by atoms with van der Waals surface area (Å²) in [6, 6.07) is 9.50. The number of nitrogens with zero attached hydrogens (tertiary/aromatic N) is 1. The van der Waals surface area contributed by atoms with Crippen molar-refractivity contribution in [2.45, 2.75) is 37.2 Å². The van der Waals surface area contributed by atoms with Gasteiger partial charge in [-0.3, -0.25) is 9.59 Å². The van der Waals surface area contributed by atoms with E-state index in [-0.39, 0.29) is 5.75 Å². The van der Waals surface area contributed by atoms with Gasteiger partial charge in [0.05, 0.1) is 10.8 Å². The highest BCUT2D eigenvalue weighted by Gasteiger charge is 2.19. The van der Waals surface area contributed by atoms with E-state index in [1.807, 2.05) is 6.07 Å². The molecule has 0 spiro atoms. The van der Waals surface area contributed by atoms with Crippen molar-refractivity contribution in [3.63, 3.8) is 0 Å². The number of hydrogen-bond donors (Lipinski definition) is 1. The number of rotatable bonds is 6. The van der Waals surface area contributed by atoms with Crippen molar-refractivity contribution in [1.82, 2.24) is 4.98 Å². The first-order valence-corrected chi connectivity index (χ1v) is 9.74. The lowest BCUT2D eigenvalue weighted by atomic mass is 10.1. The fourth-order valence-electron chi connectivity index (χ4n) is 2.74. The van der Waals surface area contributed by atoms with Crippen molar-refractivity contribution in [2.75, 3.05) is 11.1 Å². The largest absolute Gasteiger partial charge is 0.452 e. The number of benzene rings is 1. The molecule has 1 aliphatic carbocycles. The fourth-order valence-corrected chi connectivity index (χ4v) is 3.60. The van der Waals surface area contributed by atoms with E-state index in [1.165, 1.54) is 42.4 Å². The Kier molecular flexibility index (Phi) is 6.16. The van der Waals surface area contributed by atoms with E-state index in [0.29, 0.717) is 10.8 Å². The van der Waals surface area contributed by atoms with Gasteiger partial charge in [-0.1, -0.05) is 17.7 Å². The second-order valence-electron chi connectivity index (χ2n) is 6.06. The summed E-state index contributed by atoms with van der Waals surface area (Å²) in [4.78, 5) is 29.1. The van der Waals surface area contributed by atoms with Crippen molar-refractivity contribution in [3.05, 3.63) is 52.7 Å². The Morgan fingerprint density at radius 1 is 1.27 bits per heavy atom. The Labute approximate surface area is 161 Å². The van der Waals surface area contributed by atoms with Crippen LogP contribution in [0.1, 0.15) is 24.5 Å². The summed E-state index contributed by atoms with van der Waals surface area (Å²) in [5.74, 6) is -0.344. The van der Waals surface area contributed by atoms with Gasteiger partial charge in [0.2, 0.25) is 0 Å². The molecule has 5 nitrogen and oxygen atoms in total. The second kappa shape index (κ2) is 8.56. The van der Waals surface area contributed by atoms with E-state index in [1.54, 1.807) is 12.1 Å². The number of pyridine rings is 1. The minimum absolute atomic E-state index is 0.162. The maximum Gasteiger partial charge on any atom is 0.317 e. The molecule has 0 fully saturated rings. The van der Waals surface area contributed by atoms with Crippen LogP contribution in [0.5, 0.6) is 0 Å². The third-order valence-corrected chi connectivity index (χ3v) is 5.27. The van der Waals surface area contributed by atoms with Crippen LogP contribution in [0, 0.1) is 0 Å². The SMILES string of the molecule is C[C@H](OC(=O)CSc1ccc2c(c1)CCC2)C(=O)Nc1ccc(Cl)cn1. The first-order valence-electron chi connectivity index (χ1n) is 8.38. The molecular weight excluding hydrogens is 372 g/mol. The highest BCUT2D eigenvalue weighted by atomic mass is 35.5. The number of amides is 1. The van der Waals surface area contributed by atoms with E-state index in [2.05, 4.69) is 22.4 Å². The van der Waals surface area contributed by atoms with Crippen molar-refractivity contribution in [2.24, 2.45) is 0 Å². The smallest absolute Gasteiger partial charge is 0.317 e. The molecule has 0 bridgehead atoms. The van der Waals surface area contributed by atoms with E-state index in [4.69, 9.17) is 16.3 Å². The molecule has 7 heteroatoms. The van der Waals surface area contributed by atoms with Gasteiger partial charge in [-0.15, -0.1) is 11.8 Å². The zero-order chi connectivity index (χ0) is 18.5. The average Bonchev–Trinajstić information content (AvgIpc) is 3.09. The summed E-state index contributed by atoms with van der Waals surface area (Å²) < 4.78 is 5.20. The van der Waals surface area contributed by atoms with Gasteiger partial charge in [-0.05, 0) is 61.6 Å². The molecular formula is C19H19ClN2O3S. The van der Waals surface area contributed by atoms with Crippen LogP contribution < -0.4 is 5.32 Å². The summed E-state index contributed by atoms with van der Waals surface area (Å²) in [5.41, 5.74) is 2.77. The number of fused-ring (bicyclic) bond motifs is 1. The number of halogens is 1. The van der Waals surface area contributed by atoms with Crippen LogP contribution in [0.4, 0.5) is 5.82 Å². The van der Waals surface area contributed by atoms with E-state index in [0.717, 1.165) is 17.7 Å². The average molecular weight is 391 g/mol. The van der Waals surface area contributed by atoms with Gasteiger partial charge in [0, 0.05) is 11.1 Å². The van der Waals surface area contributed by atoms with Crippen LogP contribution in [0.3, 0.4) is 0 Å². The standard InChI is InChI=1S/C19H19ClN2O3S/c1-12(19(24)22-17-8-6-15(20)10-21-17)25-18(23)11-26-16-7-5-13-3-2-4-14(13)9-16/h5-10,12H,2-4,11H2,1H3,(H,21,22,24)/t12-/m0/s1. The Morgan fingerprint density at radius 3 is 2.85 bits per heavy atom. The minimum Gasteiger partial charge on any atom is -0.452 e. The molecule has 0 radical (unpaired) electrons. The quantitative estimate of drug-likeness (QED) is 0.598. The molecule has 136 valence electrons. The Hall–Kier alpha value is -2.05. The Bertz CT molecular complexity index is 811. The van der Waals surface area contributed by atoms with E-state index in [9.17, 15) is 9.59 Å². The molecule has 0 unspecified atom stereocenters. The number of aromatic nitrogens is 1. The number of anilines is 1. The second-order valence-corrected chi connectivity index (χ2v) is 7.54. The van der Waals surface area contributed by atoms with Gasteiger partial charge in [-0.2, -0.15) is 0 Å². The summed E-state index contributed by atoms with van der Waals surface area (Å²) in [7, 11) is 0. The van der Waals surface area contributed by atoms with Crippen molar-refractivity contribution < 1.29 is 14.3 Å². The van der Waals surface area contributed by atoms with Crippen LogP contribution in [0.2, 0.25) is 5.02 Å². The van der Waals surface area contributed by atoms with E-state index >= 15 is 0 Å². The molecule has 1 aromatic heterocycles. The number of thioether (sulfide) groups is 1. The topological polar surface area (TPSA) is 68.3 Å². The molecule has 1 aromatic carbocycles. The summed E-state index contributed by atoms with van der Waals surface area (Å²) in [6.45, 7) is 1.53. The predicted molar refractivity (Wildman–Crippen MR) is 103 cm³/mol. The van der Waals surface area contributed by atoms with Gasteiger partial charge >= 0.3 is 5.97 Å². The summed E-state index contributed by atoms with van der Waals surface area (Å²) in [6.07, 6.45) is 3.96. The number of hydrogen-bond acceptors (Lipinski definition) is 5. The van der Waals surface area contributed by atoms with E-state index < -0.39 is 18.0 Å². The fraction of sp³-hybridized carbons (Fsp3) is 0.316. The zero-order valence-corrected chi connectivity index (χ0v) is 15.9. The van der Waals surface area contributed by atoms with Crippen LogP contribution in [0.15, 0.2) is 41.4 Å². The molecule has 0 saturated heterocycles. The van der Waals surface area contributed by atoms with Crippen molar-refractivity contribution in [3.8, 4) is 0 Å². The molecule has 3 rings (SSSR count). The number of aryl methyl sites for hydroxylation is 2. The number of carbonyl (C=O) groups is 2. The van der Waals surface area contributed by atoms with Crippen LogP contribution in [-0.2, 0) is 27.2 Å². The number of nitrogens with one attached hydrogen (secondary N) is 1. The van der Waals surface area contributed by atoms with Gasteiger partial charge in [0.1, 0.15) is 5.82 Å². The van der Waals surface area contributed by atoms with Crippen LogP contribution in [0.25, 0.3) is 0 Å². The van der Waals surface area contributed by atoms with Crippen LogP contribution >= 0.6 is 23.4 Å². The summed E-state index contributed by atoms with van der Waals surface area (Å²) in [5, 5.41) is 3.06. The highest BCUT2D eigenvalue weighted by molar-refractivity contribution is 8.00. The first kappa shape index (κ1) is 18.7. The number of esters is 1. The molecule has 1 atom stereocenters. The predicted octanol–water partition coefficient (Wildman–Crippen LogP) is 3.89. The lowest BCUT2D eigenvalue weighted by molar-refractivity contribution is -0.150. The molecule has 0 aliphatic heterocycles. The molecule has 0 saturated carbocycles. The van der Waals surface area contributed by atoms with Gasteiger partial charge < -0.3 is 10.1 Å². The Morgan fingerprint density at radius 2 is 2.08 bits per heavy atom. The molecule has 1 amide bonds. The lowest BCUT2D eigenvalue weighted by Crippen LogP contribution is -2.30. The summed E-state index contributed by atoms with van der Waals surface area (Å²) >= 11 is 7.17. The monoisotopic (exact) mass is 390 g/mol. The molecule has 2 aromatic rings. The minimum atomic E-state index is -0.902. The van der Waals surface area contributed by atoms with Crippen LogP contribution in [-0.4, -0.2) is 28.7 Å². The van der Waals surface area contributed by atoms with Crippen molar-refractivity contribution >= 4 is 41.1 Å². The van der Waals surface area contributed by atoms with Gasteiger partial charge in [-0.25, -0.2) is 4.98 Å². The third-order valence-electron chi connectivity index (χ3n) is 4.08. The number of ether oxygens (including phenoxy) is 1. The van der Waals surface area contributed by atoms with Gasteiger partial charge in [0.15, 0.2) is 6.10 Å². The zero-order valence-electron chi connectivity index (χ0n) is 14.3. The highest BCUT2D eigenvalue weighted by Crippen LogP contribution is 2.27.